The summed E-state index contributed by atoms with van der Waals surface area (Å²) in [5.41, 5.74) is 2.57. The van der Waals surface area contributed by atoms with E-state index in [1.165, 1.54) is 0 Å². The molecule has 0 N–H and O–H groups in total. The number of fused-ring (bicyclic) bond motifs is 1. The highest BCUT2D eigenvalue weighted by atomic mass is 32.1. The second-order valence-corrected chi connectivity index (χ2v) is 4.96. The number of methoxy groups -OCH3 is 1. The third kappa shape index (κ3) is 2.16. The molecule has 0 spiro atoms. The molecule has 92 valence electrons. The van der Waals surface area contributed by atoms with Gasteiger partial charge in [0.05, 0.1) is 17.3 Å². The zero-order valence-electron chi connectivity index (χ0n) is 10.3. The molecular formula is C15H10N2OS. The van der Waals surface area contributed by atoms with Crippen molar-refractivity contribution in [2.75, 3.05) is 7.11 Å². The van der Waals surface area contributed by atoms with Crippen LogP contribution in [0.15, 0.2) is 36.5 Å². The molecule has 2 heterocycles. The highest BCUT2D eigenvalue weighted by Crippen LogP contribution is 2.32. The van der Waals surface area contributed by atoms with Crippen molar-refractivity contribution in [2.45, 2.75) is 0 Å². The van der Waals surface area contributed by atoms with Crippen molar-refractivity contribution >= 4 is 21.6 Å². The molecule has 1 aromatic carbocycles. The summed E-state index contributed by atoms with van der Waals surface area (Å²) in [7, 11) is 1.66. The molecule has 0 aliphatic rings. The molecule has 0 bridgehead atoms. The molecule has 0 aliphatic heterocycles. The van der Waals surface area contributed by atoms with Crippen molar-refractivity contribution < 1.29 is 4.74 Å². The second-order valence-electron chi connectivity index (χ2n) is 3.93. The zero-order valence-corrected chi connectivity index (χ0v) is 11.1. The van der Waals surface area contributed by atoms with Gasteiger partial charge in [0.1, 0.15) is 16.5 Å². The van der Waals surface area contributed by atoms with Gasteiger partial charge in [0.15, 0.2) is 0 Å². The highest BCUT2D eigenvalue weighted by Gasteiger charge is 2.07. The number of aromatic nitrogens is 2. The minimum absolute atomic E-state index is 0.620. The lowest BCUT2D eigenvalue weighted by atomic mass is 10.2. The summed E-state index contributed by atoms with van der Waals surface area (Å²) in [6.07, 6.45) is 7.07. The lowest BCUT2D eigenvalue weighted by molar-refractivity contribution is 0.415. The molecule has 2 aromatic heterocycles. The summed E-state index contributed by atoms with van der Waals surface area (Å²) >= 11 is 1.61. The molecule has 4 heteroatoms. The summed E-state index contributed by atoms with van der Waals surface area (Å²) in [6, 6.07) is 9.63. The number of thiazole rings is 1. The van der Waals surface area contributed by atoms with Gasteiger partial charge in [0.2, 0.25) is 0 Å². The molecule has 3 nitrogen and oxygen atoms in total. The van der Waals surface area contributed by atoms with Crippen LogP contribution in [0, 0.1) is 12.3 Å². The second kappa shape index (κ2) is 4.71. The van der Waals surface area contributed by atoms with Crippen molar-refractivity contribution in [1.82, 2.24) is 9.97 Å². The van der Waals surface area contributed by atoms with Crippen LogP contribution < -0.4 is 4.74 Å². The van der Waals surface area contributed by atoms with Crippen molar-refractivity contribution in [3.63, 3.8) is 0 Å². The quantitative estimate of drug-likeness (QED) is 0.667. The van der Waals surface area contributed by atoms with Crippen molar-refractivity contribution in [3.05, 3.63) is 42.2 Å². The number of benzene rings is 1. The van der Waals surface area contributed by atoms with E-state index in [-0.39, 0.29) is 0 Å². The number of terminal acetylenes is 1. The molecule has 0 radical (unpaired) electrons. The van der Waals surface area contributed by atoms with E-state index in [1.54, 1.807) is 24.6 Å². The smallest absolute Gasteiger partial charge is 0.124 e. The van der Waals surface area contributed by atoms with Gasteiger partial charge in [-0.2, -0.15) is 0 Å². The fraction of sp³-hybridized carbons (Fsp3) is 0.0667. The molecule has 3 rings (SSSR count). The zero-order chi connectivity index (χ0) is 13.2. The van der Waals surface area contributed by atoms with E-state index in [2.05, 4.69) is 15.9 Å². The summed E-state index contributed by atoms with van der Waals surface area (Å²) in [6.45, 7) is 0. The van der Waals surface area contributed by atoms with Crippen LogP contribution in [-0.2, 0) is 0 Å². The van der Waals surface area contributed by atoms with Gasteiger partial charge < -0.3 is 4.74 Å². The number of nitrogens with zero attached hydrogens (tertiary/aromatic N) is 2. The molecule has 0 aliphatic carbocycles. The van der Waals surface area contributed by atoms with Crippen LogP contribution in [0.5, 0.6) is 5.75 Å². The Morgan fingerprint density at radius 2 is 2.16 bits per heavy atom. The lowest BCUT2D eigenvalue weighted by Crippen LogP contribution is -1.83. The molecule has 0 saturated carbocycles. The average Bonchev–Trinajstić information content (AvgIpc) is 2.90. The maximum absolute atomic E-state index is 5.36. The van der Waals surface area contributed by atoms with Crippen LogP contribution >= 0.6 is 11.3 Å². The highest BCUT2D eigenvalue weighted by molar-refractivity contribution is 7.21. The van der Waals surface area contributed by atoms with Gasteiger partial charge >= 0.3 is 0 Å². The average molecular weight is 266 g/mol. The Morgan fingerprint density at radius 3 is 2.95 bits per heavy atom. The number of ether oxygens (including phenoxy) is 1. The largest absolute Gasteiger partial charge is 0.497 e. The Kier molecular flexibility index (Phi) is 2.90. The van der Waals surface area contributed by atoms with Gasteiger partial charge in [-0.25, -0.2) is 9.97 Å². The monoisotopic (exact) mass is 266 g/mol. The summed E-state index contributed by atoms with van der Waals surface area (Å²) in [5.74, 6) is 3.37. The maximum atomic E-state index is 5.36. The molecule has 0 amide bonds. The van der Waals surface area contributed by atoms with Crippen molar-refractivity contribution in [3.8, 4) is 28.7 Å². The van der Waals surface area contributed by atoms with Crippen LogP contribution in [0.25, 0.3) is 20.8 Å². The van der Waals surface area contributed by atoms with E-state index >= 15 is 0 Å². The Bertz CT molecular complexity index is 786. The van der Waals surface area contributed by atoms with Gasteiger partial charge in [-0.15, -0.1) is 17.8 Å². The van der Waals surface area contributed by atoms with Crippen LogP contribution in [-0.4, -0.2) is 17.1 Å². The molecule has 0 atom stereocenters. The summed E-state index contributed by atoms with van der Waals surface area (Å²) < 4.78 is 6.31. The van der Waals surface area contributed by atoms with E-state index in [4.69, 9.17) is 11.2 Å². The van der Waals surface area contributed by atoms with E-state index < -0.39 is 0 Å². The molecular weight excluding hydrogens is 256 g/mol. The van der Waals surface area contributed by atoms with E-state index in [9.17, 15) is 0 Å². The summed E-state index contributed by atoms with van der Waals surface area (Å²) in [5, 5.41) is 0.933. The van der Waals surface area contributed by atoms with Gasteiger partial charge in [0, 0.05) is 11.8 Å². The maximum Gasteiger partial charge on any atom is 0.124 e. The minimum Gasteiger partial charge on any atom is -0.497 e. The fourth-order valence-electron chi connectivity index (χ4n) is 1.80. The predicted octanol–water partition coefficient (Wildman–Crippen LogP) is 3.35. The van der Waals surface area contributed by atoms with Gasteiger partial charge in [-0.1, -0.05) is 5.92 Å². The number of pyridine rings is 1. The summed E-state index contributed by atoms with van der Waals surface area (Å²) in [4.78, 5) is 8.69. The number of hydrogen-bond donors (Lipinski definition) is 0. The fourth-order valence-corrected chi connectivity index (χ4v) is 2.79. The number of hydrogen-bond acceptors (Lipinski definition) is 4. The van der Waals surface area contributed by atoms with Crippen LogP contribution in [0.2, 0.25) is 0 Å². The van der Waals surface area contributed by atoms with Crippen LogP contribution in [0.1, 0.15) is 5.69 Å². The minimum atomic E-state index is 0.620. The first-order valence-electron chi connectivity index (χ1n) is 5.68. The standard InChI is InChI=1S/C15H10N2OS/c1-3-11-8-10(6-7-16-11)15-17-13-5-4-12(18-2)9-14(13)19-15/h1,4-9H,2H3. The number of rotatable bonds is 2. The Hall–Kier alpha value is -2.38. The Balaban J connectivity index is 2.12. The molecule has 3 aromatic rings. The SMILES string of the molecule is C#Cc1cc(-c2nc3ccc(OC)cc3s2)ccn1. The van der Waals surface area contributed by atoms with Crippen molar-refractivity contribution in [1.29, 1.82) is 0 Å². The molecule has 0 saturated heterocycles. The first-order chi connectivity index (χ1) is 9.30. The van der Waals surface area contributed by atoms with Gasteiger partial charge in [0.25, 0.3) is 0 Å². The third-order valence-corrected chi connectivity index (χ3v) is 3.82. The Morgan fingerprint density at radius 1 is 1.26 bits per heavy atom. The first-order valence-corrected chi connectivity index (χ1v) is 6.49. The van der Waals surface area contributed by atoms with Gasteiger partial charge in [-0.05, 0) is 30.3 Å². The lowest BCUT2D eigenvalue weighted by Gasteiger charge is -1.96. The Labute approximate surface area is 114 Å². The van der Waals surface area contributed by atoms with Crippen molar-refractivity contribution in [2.24, 2.45) is 0 Å². The molecule has 0 unspecified atom stereocenters. The normalized spacial score (nSPS) is 10.3. The van der Waals surface area contributed by atoms with E-state index in [0.717, 1.165) is 26.5 Å². The van der Waals surface area contributed by atoms with Crippen LogP contribution in [0.4, 0.5) is 0 Å². The van der Waals surface area contributed by atoms with Gasteiger partial charge in [-0.3, -0.25) is 0 Å². The topological polar surface area (TPSA) is 35.0 Å². The third-order valence-electron chi connectivity index (χ3n) is 2.75. The van der Waals surface area contributed by atoms with E-state index in [1.807, 2.05) is 30.3 Å². The first kappa shape index (κ1) is 11.7. The molecule has 0 fully saturated rings. The predicted molar refractivity (Wildman–Crippen MR) is 77.3 cm³/mol. The van der Waals surface area contributed by atoms with Crippen LogP contribution in [0.3, 0.4) is 0 Å². The molecule has 19 heavy (non-hydrogen) atoms. The van der Waals surface area contributed by atoms with E-state index in [0.29, 0.717) is 5.69 Å².